The summed E-state index contributed by atoms with van der Waals surface area (Å²) in [5.74, 6) is 0. The molecule has 0 aliphatic rings. The number of hydrogen-bond acceptors (Lipinski definition) is 2. The predicted molar refractivity (Wildman–Crippen MR) is 81.8 cm³/mol. The van der Waals surface area contributed by atoms with Crippen molar-refractivity contribution in [1.82, 2.24) is 9.97 Å². The molecule has 0 aliphatic heterocycles. The second kappa shape index (κ2) is 5.09. The smallest absolute Gasteiger partial charge is 0.384 e. The van der Waals surface area contributed by atoms with E-state index in [9.17, 15) is 18.3 Å². The lowest BCUT2D eigenvalue weighted by molar-refractivity contribution is -0.137. The Balaban J connectivity index is 2.11. The van der Waals surface area contributed by atoms with Crippen LogP contribution in [0.1, 0.15) is 25.1 Å². The van der Waals surface area contributed by atoms with Gasteiger partial charge in [0.25, 0.3) is 0 Å². The molecule has 0 aliphatic carbocycles. The Morgan fingerprint density at radius 3 is 2.26 bits per heavy atom. The van der Waals surface area contributed by atoms with Gasteiger partial charge in [0.1, 0.15) is 0 Å². The molecule has 3 aromatic rings. The van der Waals surface area contributed by atoms with Crippen molar-refractivity contribution < 1.29 is 18.3 Å². The van der Waals surface area contributed by atoms with E-state index >= 15 is 0 Å². The lowest BCUT2D eigenvalue weighted by Crippen LogP contribution is -2.15. The Bertz CT molecular complexity index is 843. The number of aliphatic hydroxyl groups is 1. The van der Waals surface area contributed by atoms with Crippen LogP contribution in [0.25, 0.3) is 22.2 Å². The number of aromatic amines is 1. The van der Waals surface area contributed by atoms with Gasteiger partial charge in [-0.3, -0.25) is 4.98 Å². The molecule has 0 radical (unpaired) electrons. The van der Waals surface area contributed by atoms with Crippen molar-refractivity contribution in [2.24, 2.45) is 0 Å². The molecule has 3 rings (SSSR count). The van der Waals surface area contributed by atoms with E-state index in [-0.39, 0.29) is 0 Å². The number of H-pyrrole nitrogens is 1. The Kier molecular flexibility index (Phi) is 3.44. The van der Waals surface area contributed by atoms with E-state index in [1.165, 1.54) is 12.1 Å². The molecule has 0 saturated carbocycles. The van der Waals surface area contributed by atoms with Gasteiger partial charge >= 0.3 is 6.18 Å². The normalized spacial score (nSPS) is 12.8. The monoisotopic (exact) mass is 320 g/mol. The van der Waals surface area contributed by atoms with Gasteiger partial charge in [-0.15, -0.1) is 0 Å². The Labute approximate surface area is 130 Å². The Morgan fingerprint density at radius 1 is 1.04 bits per heavy atom. The third-order valence-electron chi connectivity index (χ3n) is 3.69. The second-order valence-electron chi connectivity index (χ2n) is 5.94. The minimum absolute atomic E-state index is 0.572. The first-order chi connectivity index (χ1) is 10.7. The van der Waals surface area contributed by atoms with Gasteiger partial charge in [-0.25, -0.2) is 0 Å². The number of rotatable bonds is 2. The molecular formula is C17H15F3N2O. The zero-order valence-corrected chi connectivity index (χ0v) is 12.6. The van der Waals surface area contributed by atoms with E-state index in [4.69, 9.17) is 0 Å². The number of aromatic nitrogens is 2. The van der Waals surface area contributed by atoms with Crippen molar-refractivity contribution in [2.45, 2.75) is 25.6 Å². The zero-order chi connectivity index (χ0) is 16.8. The van der Waals surface area contributed by atoms with Crippen LogP contribution in [0.2, 0.25) is 0 Å². The van der Waals surface area contributed by atoms with Gasteiger partial charge in [0, 0.05) is 28.4 Å². The van der Waals surface area contributed by atoms with Gasteiger partial charge in [-0.05, 0) is 38.1 Å². The van der Waals surface area contributed by atoms with Crippen LogP contribution in [0.5, 0.6) is 0 Å². The molecule has 0 fully saturated rings. The van der Waals surface area contributed by atoms with Crippen LogP contribution in [0, 0.1) is 0 Å². The van der Waals surface area contributed by atoms with Crippen molar-refractivity contribution in [3.8, 4) is 11.3 Å². The third-order valence-corrected chi connectivity index (χ3v) is 3.69. The lowest BCUT2D eigenvalue weighted by atomic mass is 10.0. The molecule has 120 valence electrons. The first kappa shape index (κ1) is 15.6. The first-order valence-corrected chi connectivity index (χ1v) is 7.04. The molecule has 0 atom stereocenters. The summed E-state index contributed by atoms with van der Waals surface area (Å²) in [5.41, 5.74) is 0.810. The number of halogens is 3. The summed E-state index contributed by atoms with van der Waals surface area (Å²) in [6, 6.07) is 8.43. The molecule has 0 amide bonds. The number of nitrogens with zero attached hydrogens (tertiary/aromatic N) is 1. The molecule has 1 aromatic carbocycles. The minimum Gasteiger partial charge on any atom is -0.384 e. The van der Waals surface area contributed by atoms with E-state index in [1.54, 1.807) is 32.2 Å². The van der Waals surface area contributed by atoms with Gasteiger partial charge < -0.3 is 10.1 Å². The number of nitrogens with one attached hydrogen (secondary N) is 1. The highest BCUT2D eigenvalue weighted by atomic mass is 19.4. The number of benzene rings is 1. The number of alkyl halides is 3. The van der Waals surface area contributed by atoms with Crippen LogP contribution in [-0.4, -0.2) is 15.1 Å². The van der Waals surface area contributed by atoms with Gasteiger partial charge in [-0.1, -0.05) is 12.1 Å². The van der Waals surface area contributed by atoms with Crippen molar-refractivity contribution in [3.63, 3.8) is 0 Å². The van der Waals surface area contributed by atoms with Crippen LogP contribution in [0.3, 0.4) is 0 Å². The first-order valence-electron chi connectivity index (χ1n) is 7.04. The summed E-state index contributed by atoms with van der Waals surface area (Å²) in [6.07, 6.45) is -2.78. The van der Waals surface area contributed by atoms with E-state index in [2.05, 4.69) is 9.97 Å². The fourth-order valence-corrected chi connectivity index (χ4v) is 2.43. The highest BCUT2D eigenvalue weighted by Crippen LogP contribution is 2.33. The molecular weight excluding hydrogens is 305 g/mol. The van der Waals surface area contributed by atoms with Gasteiger partial charge in [0.2, 0.25) is 0 Å². The van der Waals surface area contributed by atoms with Crippen LogP contribution >= 0.6 is 0 Å². The highest BCUT2D eigenvalue weighted by molar-refractivity contribution is 5.93. The average molecular weight is 320 g/mol. The summed E-state index contributed by atoms with van der Waals surface area (Å²) in [4.78, 5) is 7.39. The molecule has 0 unspecified atom stereocenters. The van der Waals surface area contributed by atoms with E-state index < -0.39 is 17.3 Å². The van der Waals surface area contributed by atoms with Crippen LogP contribution < -0.4 is 0 Å². The fraction of sp³-hybridized carbons (Fsp3) is 0.235. The van der Waals surface area contributed by atoms with E-state index in [0.717, 1.165) is 23.0 Å². The number of pyridine rings is 1. The third kappa shape index (κ3) is 2.94. The Hall–Kier alpha value is -2.34. The molecule has 0 bridgehead atoms. The van der Waals surface area contributed by atoms with Crippen LogP contribution in [-0.2, 0) is 11.8 Å². The lowest BCUT2D eigenvalue weighted by Gasteiger charge is -2.14. The maximum Gasteiger partial charge on any atom is 0.416 e. The van der Waals surface area contributed by atoms with E-state index in [1.807, 2.05) is 0 Å². The average Bonchev–Trinajstić information content (AvgIpc) is 2.90. The summed E-state index contributed by atoms with van der Waals surface area (Å²) in [5, 5.41) is 10.9. The number of hydrogen-bond donors (Lipinski definition) is 2. The quantitative estimate of drug-likeness (QED) is 0.731. The van der Waals surface area contributed by atoms with Crippen LogP contribution in [0.15, 0.2) is 42.6 Å². The van der Waals surface area contributed by atoms with Crippen molar-refractivity contribution in [1.29, 1.82) is 0 Å². The molecule has 3 nitrogen and oxygen atoms in total. The zero-order valence-electron chi connectivity index (χ0n) is 12.6. The molecule has 23 heavy (non-hydrogen) atoms. The molecule has 0 spiro atoms. The fourth-order valence-electron chi connectivity index (χ4n) is 2.43. The van der Waals surface area contributed by atoms with Crippen molar-refractivity contribution >= 4 is 10.9 Å². The molecule has 2 heterocycles. The second-order valence-corrected chi connectivity index (χ2v) is 5.94. The van der Waals surface area contributed by atoms with Crippen molar-refractivity contribution in [3.05, 3.63) is 53.9 Å². The van der Waals surface area contributed by atoms with Gasteiger partial charge in [0.15, 0.2) is 0 Å². The van der Waals surface area contributed by atoms with Gasteiger partial charge in [-0.2, -0.15) is 13.2 Å². The SMILES string of the molecule is CC(C)(O)c1cc2c(-c3ccc(C(F)(F)F)cc3)nccc2[nH]1. The standard InChI is InChI=1S/C17H15F3N2O/c1-16(2,23)14-9-12-13(22-14)7-8-21-15(12)10-3-5-11(6-4-10)17(18,19)20/h3-9,22-23H,1-2H3. The van der Waals surface area contributed by atoms with Crippen molar-refractivity contribution in [2.75, 3.05) is 0 Å². The highest BCUT2D eigenvalue weighted by Gasteiger charge is 2.30. The Morgan fingerprint density at radius 2 is 1.70 bits per heavy atom. The molecule has 2 aromatic heterocycles. The summed E-state index contributed by atoms with van der Waals surface area (Å²) >= 11 is 0. The maximum absolute atomic E-state index is 12.7. The van der Waals surface area contributed by atoms with Crippen LogP contribution in [0.4, 0.5) is 13.2 Å². The maximum atomic E-state index is 12.7. The molecule has 2 N–H and O–H groups in total. The number of fused-ring (bicyclic) bond motifs is 1. The molecule has 0 saturated heterocycles. The largest absolute Gasteiger partial charge is 0.416 e. The summed E-state index contributed by atoms with van der Waals surface area (Å²) < 4.78 is 38.0. The van der Waals surface area contributed by atoms with E-state index in [0.29, 0.717) is 17.0 Å². The minimum atomic E-state index is -4.36. The van der Waals surface area contributed by atoms with Gasteiger partial charge in [0.05, 0.1) is 16.9 Å². The topological polar surface area (TPSA) is 48.9 Å². The predicted octanol–water partition coefficient (Wildman–Crippen LogP) is 4.48. The molecule has 6 heteroatoms. The summed E-state index contributed by atoms with van der Waals surface area (Å²) in [7, 11) is 0. The summed E-state index contributed by atoms with van der Waals surface area (Å²) in [6.45, 7) is 3.31.